The van der Waals surface area contributed by atoms with E-state index in [9.17, 15) is 14.4 Å². The van der Waals surface area contributed by atoms with Crippen LogP contribution >= 0.6 is 0 Å². The van der Waals surface area contributed by atoms with Crippen LogP contribution in [0.3, 0.4) is 0 Å². The van der Waals surface area contributed by atoms with Crippen LogP contribution in [-0.2, 0) is 4.79 Å². The normalized spacial score (nSPS) is 18.7. The summed E-state index contributed by atoms with van der Waals surface area (Å²) < 4.78 is 5.28. The van der Waals surface area contributed by atoms with Crippen LogP contribution in [0.2, 0.25) is 0 Å². The summed E-state index contributed by atoms with van der Waals surface area (Å²) in [6, 6.07) is 8.75. The highest BCUT2D eigenvalue weighted by Gasteiger charge is 2.30. The average molecular weight is 368 g/mol. The van der Waals surface area contributed by atoms with Gasteiger partial charge >= 0.3 is 5.63 Å². The third kappa shape index (κ3) is 3.61. The molecule has 2 amide bonds. The molecule has 6 nitrogen and oxygen atoms in total. The molecule has 2 aromatic rings. The van der Waals surface area contributed by atoms with Crippen LogP contribution in [0.1, 0.15) is 42.5 Å². The van der Waals surface area contributed by atoms with E-state index < -0.39 is 5.63 Å². The molecule has 6 heteroatoms. The molecule has 1 aliphatic heterocycles. The van der Waals surface area contributed by atoms with Crippen molar-refractivity contribution in [1.82, 2.24) is 9.80 Å². The molecular formula is C21H24N2O4. The Balaban J connectivity index is 1.43. The van der Waals surface area contributed by atoms with Gasteiger partial charge in [0.05, 0.1) is 0 Å². The first-order chi connectivity index (χ1) is 13.1. The number of piperazine rings is 1. The highest BCUT2D eigenvalue weighted by atomic mass is 16.4. The van der Waals surface area contributed by atoms with E-state index in [1.54, 1.807) is 23.1 Å². The van der Waals surface area contributed by atoms with Gasteiger partial charge in [0.15, 0.2) is 0 Å². The van der Waals surface area contributed by atoms with Gasteiger partial charge in [-0.05, 0) is 25.0 Å². The molecule has 27 heavy (non-hydrogen) atoms. The highest BCUT2D eigenvalue weighted by Crippen LogP contribution is 2.26. The molecule has 1 saturated carbocycles. The lowest BCUT2D eigenvalue weighted by atomic mass is 9.88. The minimum Gasteiger partial charge on any atom is -0.422 e. The Kier molecular flexibility index (Phi) is 4.97. The first kappa shape index (κ1) is 17.8. The SMILES string of the molecule is O=C(c1cc2ccccc2oc1=O)N1CCN(C(=O)C2CCCCC2)CC1. The van der Waals surface area contributed by atoms with Gasteiger partial charge in [-0.1, -0.05) is 37.5 Å². The van der Waals surface area contributed by atoms with Gasteiger partial charge in [0, 0.05) is 37.5 Å². The Morgan fingerprint density at radius 3 is 2.33 bits per heavy atom. The number of fused-ring (bicyclic) bond motifs is 1. The van der Waals surface area contributed by atoms with Gasteiger partial charge in [-0.2, -0.15) is 0 Å². The van der Waals surface area contributed by atoms with E-state index in [0.717, 1.165) is 31.1 Å². The predicted molar refractivity (Wildman–Crippen MR) is 102 cm³/mol. The number of carbonyl (C=O) groups excluding carboxylic acids is 2. The summed E-state index contributed by atoms with van der Waals surface area (Å²) >= 11 is 0. The molecule has 1 saturated heterocycles. The maximum absolute atomic E-state index is 12.8. The van der Waals surface area contributed by atoms with E-state index in [4.69, 9.17) is 4.42 Å². The van der Waals surface area contributed by atoms with Crippen LogP contribution in [0.25, 0.3) is 11.0 Å². The molecule has 2 fully saturated rings. The standard InChI is InChI=1S/C21H24N2O4/c24-19(15-6-2-1-3-7-15)22-10-12-23(13-11-22)20(25)17-14-16-8-4-5-9-18(16)27-21(17)26/h4-5,8-9,14-15H,1-3,6-7,10-13H2. The van der Waals surface area contributed by atoms with Crippen molar-refractivity contribution >= 4 is 22.8 Å². The topological polar surface area (TPSA) is 70.8 Å². The lowest BCUT2D eigenvalue weighted by molar-refractivity contribution is -0.138. The van der Waals surface area contributed by atoms with Crippen molar-refractivity contribution in [3.05, 3.63) is 46.3 Å². The maximum atomic E-state index is 12.8. The summed E-state index contributed by atoms with van der Waals surface area (Å²) in [7, 11) is 0. The summed E-state index contributed by atoms with van der Waals surface area (Å²) in [5.41, 5.74) is -0.0814. The fourth-order valence-electron chi connectivity index (χ4n) is 4.12. The Labute approximate surface area is 157 Å². The fourth-order valence-corrected chi connectivity index (χ4v) is 4.12. The smallest absolute Gasteiger partial charge is 0.349 e. The molecule has 4 rings (SSSR count). The fraction of sp³-hybridized carbons (Fsp3) is 0.476. The van der Waals surface area contributed by atoms with Crippen LogP contribution in [0.4, 0.5) is 0 Å². The number of hydrogen-bond acceptors (Lipinski definition) is 4. The second kappa shape index (κ2) is 7.55. The average Bonchev–Trinajstić information content (AvgIpc) is 2.73. The predicted octanol–water partition coefficient (Wildman–Crippen LogP) is 2.66. The summed E-state index contributed by atoms with van der Waals surface area (Å²) in [6.07, 6.45) is 5.45. The van der Waals surface area contributed by atoms with Crippen LogP contribution in [0.15, 0.2) is 39.5 Å². The van der Waals surface area contributed by atoms with Crippen molar-refractivity contribution < 1.29 is 14.0 Å². The van der Waals surface area contributed by atoms with Gasteiger partial charge in [0.2, 0.25) is 5.91 Å². The first-order valence-electron chi connectivity index (χ1n) is 9.74. The van der Waals surface area contributed by atoms with Gasteiger partial charge in [0.25, 0.3) is 5.91 Å². The van der Waals surface area contributed by atoms with E-state index in [1.807, 2.05) is 17.0 Å². The molecule has 0 atom stereocenters. The Hall–Kier alpha value is -2.63. The van der Waals surface area contributed by atoms with Crippen molar-refractivity contribution in [2.24, 2.45) is 5.92 Å². The van der Waals surface area contributed by atoms with Crippen molar-refractivity contribution in [1.29, 1.82) is 0 Å². The zero-order valence-corrected chi connectivity index (χ0v) is 15.4. The Bertz CT molecular complexity index is 906. The van der Waals surface area contributed by atoms with E-state index in [-0.39, 0.29) is 23.3 Å². The van der Waals surface area contributed by atoms with E-state index in [2.05, 4.69) is 0 Å². The van der Waals surface area contributed by atoms with Crippen LogP contribution in [-0.4, -0.2) is 47.8 Å². The molecule has 1 aromatic carbocycles. The zero-order valence-electron chi connectivity index (χ0n) is 15.4. The molecule has 0 spiro atoms. The molecule has 2 heterocycles. The maximum Gasteiger partial charge on any atom is 0.349 e. The second-order valence-electron chi connectivity index (χ2n) is 7.44. The number of amides is 2. The van der Waals surface area contributed by atoms with Gasteiger partial charge < -0.3 is 14.2 Å². The molecule has 1 aromatic heterocycles. The third-order valence-electron chi connectivity index (χ3n) is 5.70. The van der Waals surface area contributed by atoms with Crippen LogP contribution < -0.4 is 5.63 Å². The molecular weight excluding hydrogens is 344 g/mol. The Morgan fingerprint density at radius 2 is 1.59 bits per heavy atom. The number of hydrogen-bond donors (Lipinski definition) is 0. The van der Waals surface area contributed by atoms with Gasteiger partial charge in [0.1, 0.15) is 11.1 Å². The number of carbonyl (C=O) groups is 2. The lowest BCUT2D eigenvalue weighted by Gasteiger charge is -2.37. The van der Waals surface area contributed by atoms with Crippen molar-refractivity contribution in [3.63, 3.8) is 0 Å². The van der Waals surface area contributed by atoms with Crippen molar-refractivity contribution in [3.8, 4) is 0 Å². The highest BCUT2D eigenvalue weighted by molar-refractivity contribution is 5.96. The first-order valence-corrected chi connectivity index (χ1v) is 9.74. The van der Waals surface area contributed by atoms with Gasteiger partial charge in [-0.3, -0.25) is 9.59 Å². The minimum absolute atomic E-state index is 0.0563. The molecule has 0 unspecified atom stereocenters. The number of nitrogens with zero attached hydrogens (tertiary/aromatic N) is 2. The monoisotopic (exact) mass is 368 g/mol. The van der Waals surface area contributed by atoms with E-state index in [0.29, 0.717) is 31.8 Å². The molecule has 1 aliphatic carbocycles. The van der Waals surface area contributed by atoms with Gasteiger partial charge in [-0.15, -0.1) is 0 Å². The summed E-state index contributed by atoms with van der Waals surface area (Å²) in [5, 5.41) is 0.728. The summed E-state index contributed by atoms with van der Waals surface area (Å²) in [5.74, 6) is 0.0554. The summed E-state index contributed by atoms with van der Waals surface area (Å²) in [4.78, 5) is 41.2. The Morgan fingerprint density at radius 1 is 0.926 bits per heavy atom. The van der Waals surface area contributed by atoms with Crippen LogP contribution in [0, 0.1) is 5.92 Å². The van der Waals surface area contributed by atoms with Crippen molar-refractivity contribution in [2.75, 3.05) is 26.2 Å². The number of para-hydroxylation sites is 1. The number of benzene rings is 1. The third-order valence-corrected chi connectivity index (χ3v) is 5.70. The second-order valence-corrected chi connectivity index (χ2v) is 7.44. The van der Waals surface area contributed by atoms with Gasteiger partial charge in [-0.25, -0.2) is 4.79 Å². The summed E-state index contributed by atoms with van der Waals surface area (Å²) in [6.45, 7) is 1.95. The van der Waals surface area contributed by atoms with E-state index >= 15 is 0 Å². The quantitative estimate of drug-likeness (QED) is 0.764. The largest absolute Gasteiger partial charge is 0.422 e. The number of rotatable bonds is 2. The molecule has 0 radical (unpaired) electrons. The zero-order chi connectivity index (χ0) is 18.8. The minimum atomic E-state index is -0.612. The van der Waals surface area contributed by atoms with Crippen LogP contribution in [0.5, 0.6) is 0 Å². The molecule has 0 N–H and O–H groups in total. The molecule has 2 aliphatic rings. The molecule has 142 valence electrons. The van der Waals surface area contributed by atoms with E-state index in [1.165, 1.54) is 6.42 Å². The molecule has 0 bridgehead atoms. The van der Waals surface area contributed by atoms with Crippen molar-refractivity contribution in [2.45, 2.75) is 32.1 Å². The lowest BCUT2D eigenvalue weighted by Crippen LogP contribution is -2.52.